The van der Waals surface area contributed by atoms with Crippen molar-refractivity contribution in [2.24, 2.45) is 11.3 Å². The van der Waals surface area contributed by atoms with Crippen molar-refractivity contribution in [1.82, 2.24) is 14.8 Å². The highest BCUT2D eigenvalue weighted by Crippen LogP contribution is 2.44. The van der Waals surface area contributed by atoms with Gasteiger partial charge in [0.2, 0.25) is 0 Å². The molecule has 0 saturated heterocycles. The Morgan fingerprint density at radius 2 is 1.94 bits per heavy atom. The quantitative estimate of drug-likeness (QED) is 0.451. The highest BCUT2D eigenvalue weighted by molar-refractivity contribution is 5.78. The molecule has 35 heavy (non-hydrogen) atoms. The number of nitrogens with zero attached hydrogens (tertiary/aromatic N) is 3. The average Bonchev–Trinajstić information content (AvgIpc) is 3.09. The predicted molar refractivity (Wildman–Crippen MR) is 138 cm³/mol. The molecule has 6 nitrogen and oxygen atoms in total. The number of carbonyl (C=O) groups is 1. The highest BCUT2D eigenvalue weighted by atomic mass is 19.1. The van der Waals surface area contributed by atoms with Gasteiger partial charge in [-0.3, -0.25) is 9.48 Å². The van der Waals surface area contributed by atoms with Gasteiger partial charge in [0.05, 0.1) is 11.0 Å². The van der Waals surface area contributed by atoms with Gasteiger partial charge in [-0.2, -0.15) is 5.10 Å². The number of halogens is 1. The zero-order valence-corrected chi connectivity index (χ0v) is 23.0. The fourth-order valence-electron chi connectivity index (χ4n) is 5.22. The minimum Gasteiger partial charge on any atom is -0.460 e. The average molecular weight is 487 g/mol. The number of pyridine rings is 1. The van der Waals surface area contributed by atoms with Crippen LogP contribution in [0, 0.1) is 24.1 Å². The summed E-state index contributed by atoms with van der Waals surface area (Å²) in [5.41, 5.74) is 0.857. The Balaban J connectivity index is 1.98. The molecule has 1 fully saturated rings. The summed E-state index contributed by atoms with van der Waals surface area (Å²) in [6.45, 7) is 18.0. The monoisotopic (exact) mass is 486 g/mol. The third kappa shape index (κ3) is 6.42. The van der Waals surface area contributed by atoms with Crippen molar-refractivity contribution in [2.45, 2.75) is 112 Å². The van der Waals surface area contributed by atoms with Crippen LogP contribution in [0.5, 0.6) is 0 Å². The molecule has 194 valence electrons. The molecule has 1 aliphatic rings. The van der Waals surface area contributed by atoms with E-state index in [1.165, 1.54) is 0 Å². The van der Waals surface area contributed by atoms with Crippen LogP contribution >= 0.6 is 0 Å². The Bertz CT molecular complexity index is 1060. The Hall–Kier alpha value is -2.44. The molecule has 2 aromatic heterocycles. The lowest BCUT2D eigenvalue weighted by Crippen LogP contribution is -2.42. The van der Waals surface area contributed by atoms with Gasteiger partial charge in [0.15, 0.2) is 17.5 Å². The van der Waals surface area contributed by atoms with Crippen LogP contribution in [0.25, 0.3) is 0 Å². The van der Waals surface area contributed by atoms with E-state index in [9.17, 15) is 4.79 Å². The van der Waals surface area contributed by atoms with Crippen molar-refractivity contribution in [1.29, 1.82) is 0 Å². The number of aromatic nitrogens is 3. The van der Waals surface area contributed by atoms with Crippen molar-refractivity contribution in [2.75, 3.05) is 5.32 Å². The maximum Gasteiger partial charge on any atom is 0.312 e. The van der Waals surface area contributed by atoms with E-state index < -0.39 is 11.0 Å². The lowest BCUT2D eigenvalue weighted by molar-refractivity contribution is -0.171. The molecule has 1 saturated carbocycles. The van der Waals surface area contributed by atoms with Crippen LogP contribution in [0.3, 0.4) is 0 Å². The van der Waals surface area contributed by atoms with Gasteiger partial charge >= 0.3 is 5.97 Å². The number of ether oxygens (including phenoxy) is 1. The Kier molecular flexibility index (Phi) is 7.68. The number of nitrogens with one attached hydrogen (secondary N) is 1. The summed E-state index contributed by atoms with van der Waals surface area (Å²) >= 11 is 0. The number of esters is 1. The van der Waals surface area contributed by atoms with Crippen LogP contribution in [-0.4, -0.2) is 26.3 Å². The maximum absolute atomic E-state index is 15.3. The summed E-state index contributed by atoms with van der Waals surface area (Å²) in [5, 5.41) is 7.75. The van der Waals surface area contributed by atoms with Crippen LogP contribution in [-0.2, 0) is 27.9 Å². The first kappa shape index (κ1) is 27.2. The second-order valence-corrected chi connectivity index (χ2v) is 12.3. The van der Waals surface area contributed by atoms with Gasteiger partial charge in [-0.25, -0.2) is 9.37 Å². The Morgan fingerprint density at radius 3 is 2.49 bits per heavy atom. The van der Waals surface area contributed by atoms with Crippen LogP contribution in [0.2, 0.25) is 0 Å². The van der Waals surface area contributed by atoms with Gasteiger partial charge in [0, 0.05) is 23.9 Å². The van der Waals surface area contributed by atoms with Crippen molar-refractivity contribution in [3.63, 3.8) is 0 Å². The summed E-state index contributed by atoms with van der Waals surface area (Å²) < 4.78 is 23.1. The van der Waals surface area contributed by atoms with E-state index in [1.54, 1.807) is 0 Å². The Morgan fingerprint density at radius 1 is 1.26 bits per heavy atom. The summed E-state index contributed by atoms with van der Waals surface area (Å²) in [6.07, 6.45) is 4.54. The molecule has 1 N–H and O–H groups in total. The first-order valence-corrected chi connectivity index (χ1v) is 12.9. The van der Waals surface area contributed by atoms with Crippen molar-refractivity contribution in [3.05, 3.63) is 34.9 Å². The van der Waals surface area contributed by atoms with E-state index in [4.69, 9.17) is 4.74 Å². The van der Waals surface area contributed by atoms with E-state index in [1.807, 2.05) is 51.4 Å². The van der Waals surface area contributed by atoms with Gasteiger partial charge in [-0.1, -0.05) is 26.7 Å². The van der Waals surface area contributed by atoms with Crippen molar-refractivity contribution in [3.8, 4) is 0 Å². The van der Waals surface area contributed by atoms with Crippen LogP contribution in [0.4, 0.5) is 16.0 Å². The van der Waals surface area contributed by atoms with Crippen LogP contribution in [0.1, 0.15) is 98.0 Å². The molecule has 3 rings (SSSR count). The van der Waals surface area contributed by atoms with Crippen LogP contribution < -0.4 is 5.32 Å². The summed E-state index contributed by atoms with van der Waals surface area (Å²) in [5.74, 6) is 0.582. The molecular weight excluding hydrogens is 443 g/mol. The summed E-state index contributed by atoms with van der Waals surface area (Å²) in [6, 6.07) is 3.71. The number of hydrogen-bond acceptors (Lipinski definition) is 5. The normalized spacial score (nSPS) is 21.1. The number of hydrogen-bond donors (Lipinski definition) is 1. The van der Waals surface area contributed by atoms with E-state index in [2.05, 4.69) is 43.1 Å². The van der Waals surface area contributed by atoms with Gasteiger partial charge < -0.3 is 10.1 Å². The summed E-state index contributed by atoms with van der Waals surface area (Å²) in [4.78, 5) is 18.1. The van der Waals surface area contributed by atoms with Gasteiger partial charge in [0.25, 0.3) is 0 Å². The lowest BCUT2D eigenvalue weighted by Gasteiger charge is -2.39. The fraction of sp³-hybridized carbons (Fsp3) is 0.679. The number of carbonyl (C=O) groups excluding carboxylic acids is 1. The van der Waals surface area contributed by atoms with Gasteiger partial charge in [-0.05, 0) is 85.3 Å². The minimum atomic E-state index is -0.650. The summed E-state index contributed by atoms with van der Waals surface area (Å²) in [7, 11) is 0. The molecule has 2 heterocycles. The van der Waals surface area contributed by atoms with E-state index in [0.717, 1.165) is 31.4 Å². The van der Waals surface area contributed by atoms with E-state index >= 15 is 4.39 Å². The highest BCUT2D eigenvalue weighted by Gasteiger charge is 2.45. The third-order valence-electron chi connectivity index (χ3n) is 6.68. The minimum absolute atomic E-state index is 0.154. The molecule has 0 amide bonds. The Labute approximate surface area is 210 Å². The van der Waals surface area contributed by atoms with Crippen LogP contribution in [0.15, 0.2) is 12.1 Å². The molecule has 0 unspecified atom stereocenters. The third-order valence-corrected chi connectivity index (χ3v) is 6.68. The zero-order chi connectivity index (χ0) is 26.2. The van der Waals surface area contributed by atoms with Gasteiger partial charge in [-0.15, -0.1) is 0 Å². The molecule has 2 aromatic rings. The molecule has 1 aliphatic carbocycles. The molecule has 2 atom stereocenters. The molecular formula is C28H43FN4O2. The van der Waals surface area contributed by atoms with Crippen molar-refractivity contribution < 1.29 is 13.9 Å². The topological polar surface area (TPSA) is 69.0 Å². The lowest BCUT2D eigenvalue weighted by atomic mass is 9.67. The van der Waals surface area contributed by atoms with Gasteiger partial charge in [0.1, 0.15) is 5.60 Å². The molecule has 0 aliphatic heterocycles. The molecule has 0 spiro atoms. The molecule has 0 aromatic carbocycles. The SMILES string of the molecule is CCc1cc(C[C@@]2(C(=O)OC(C)(C)C)CCC[C@H](C)C2)nc(Nc2cc(C)n(C(C)(C)C)n2)c1F. The second kappa shape index (κ2) is 9.90. The molecule has 0 radical (unpaired) electrons. The number of aryl methyl sites for hydroxylation is 2. The van der Waals surface area contributed by atoms with E-state index in [0.29, 0.717) is 35.8 Å². The first-order chi connectivity index (χ1) is 16.1. The smallest absolute Gasteiger partial charge is 0.312 e. The fourth-order valence-corrected chi connectivity index (χ4v) is 5.22. The zero-order valence-electron chi connectivity index (χ0n) is 23.0. The molecule has 0 bridgehead atoms. The largest absolute Gasteiger partial charge is 0.460 e. The number of rotatable bonds is 6. The number of anilines is 2. The maximum atomic E-state index is 15.3. The van der Waals surface area contributed by atoms with Crippen molar-refractivity contribution >= 4 is 17.6 Å². The second-order valence-electron chi connectivity index (χ2n) is 12.3. The molecule has 7 heteroatoms. The first-order valence-electron chi connectivity index (χ1n) is 12.9. The predicted octanol–water partition coefficient (Wildman–Crippen LogP) is 6.87. The van der Waals surface area contributed by atoms with E-state index in [-0.39, 0.29) is 23.1 Å². The standard InChI is InChI=1S/C28H43FN4O2/c1-10-20-15-21(17-28(13-11-12-18(2)16-28)25(34)35-27(7,8)9)30-24(23(20)29)31-22-14-19(3)33(32-22)26(4,5)6/h14-15,18H,10-13,16-17H2,1-9H3,(H,30,31,32)/t18-,28+/m0/s1.